The first-order valence-electron chi connectivity index (χ1n) is 45.8. The summed E-state index contributed by atoms with van der Waals surface area (Å²) in [7, 11) is 0. The average molecular weight is 1810 g/mol. The number of hydrogen-bond donors (Lipinski definition) is 0. The van der Waals surface area contributed by atoms with E-state index in [2.05, 4.69) is 190 Å². The molecule has 139 heavy (non-hydrogen) atoms. The van der Waals surface area contributed by atoms with Gasteiger partial charge in [-0.15, -0.1) is 0 Å². The van der Waals surface area contributed by atoms with E-state index in [-0.39, 0.29) is 34.9 Å². The minimum Gasteiger partial charge on any atom is -0.457 e. The van der Waals surface area contributed by atoms with Gasteiger partial charge in [0.15, 0.2) is 0 Å². The van der Waals surface area contributed by atoms with E-state index in [0.29, 0.717) is 45.5 Å². The smallest absolute Gasteiger partial charge is 0.137 e. The van der Waals surface area contributed by atoms with Crippen molar-refractivity contribution in [1.29, 1.82) is 0 Å². The zero-order chi connectivity index (χ0) is 94.0. The van der Waals surface area contributed by atoms with Crippen LogP contribution in [0, 0.1) is 34.9 Å². The van der Waals surface area contributed by atoms with E-state index in [0.717, 1.165) is 168 Å². The molecule has 0 N–H and O–H groups in total. The van der Waals surface area contributed by atoms with Crippen molar-refractivity contribution in [2.24, 2.45) is 0 Å². The quantitative estimate of drug-likeness (QED) is 0.0559. The topological polar surface area (TPSA) is 44.6 Å². The van der Waals surface area contributed by atoms with Gasteiger partial charge >= 0.3 is 0 Å². The van der Waals surface area contributed by atoms with Crippen LogP contribution in [0.5, 0.6) is 23.0 Å². The number of hydrogen-bond acceptors (Lipinski definition) is 7. The molecule has 7 nitrogen and oxygen atoms in total. The Morgan fingerprint density at radius 1 is 0.209 bits per heavy atom. The molecule has 21 aromatic rings. The van der Waals surface area contributed by atoms with Crippen molar-refractivity contribution in [2.45, 2.75) is 10.8 Å². The van der Waals surface area contributed by atoms with E-state index in [1.165, 1.54) is 72.8 Å². The first kappa shape index (κ1) is 85.3. The summed E-state index contributed by atoms with van der Waals surface area (Å²) in [5.74, 6) is 0.496. The normalized spacial score (nSPS) is 13.8. The predicted octanol–water partition coefficient (Wildman–Crippen LogP) is 35.2. The fraction of sp³-hybridized carbons (Fsp3) is 0.0159. The molecular formula is C126H82F6N4O3. The minimum absolute atomic E-state index is 0.347. The van der Waals surface area contributed by atoms with Crippen LogP contribution in [0.25, 0.3) is 78.6 Å². The highest BCUT2D eigenvalue weighted by molar-refractivity contribution is 6.08. The van der Waals surface area contributed by atoms with Gasteiger partial charge in [-0.05, 0) is 367 Å². The highest BCUT2D eigenvalue weighted by Gasteiger charge is 2.49. The van der Waals surface area contributed by atoms with Crippen molar-refractivity contribution in [3.63, 3.8) is 0 Å². The second-order valence-corrected chi connectivity index (χ2v) is 34.8. The lowest BCUT2D eigenvalue weighted by Crippen LogP contribution is -2.28. The van der Waals surface area contributed by atoms with Crippen molar-refractivity contribution in [1.82, 2.24) is 0 Å². The molecule has 2 aliphatic rings. The zero-order valence-corrected chi connectivity index (χ0v) is 74.7. The van der Waals surface area contributed by atoms with Crippen molar-refractivity contribution in [3.8, 4) is 67.5 Å². The third-order valence-corrected chi connectivity index (χ3v) is 26.9. The van der Waals surface area contributed by atoms with Crippen LogP contribution in [0.2, 0.25) is 0 Å². The highest BCUT2D eigenvalue weighted by atomic mass is 19.1. The van der Waals surface area contributed by atoms with Gasteiger partial charge in [0.05, 0.1) is 10.8 Å². The van der Waals surface area contributed by atoms with Crippen LogP contribution < -0.4 is 29.1 Å². The lowest BCUT2D eigenvalue weighted by molar-refractivity contribution is 0.482. The molecule has 0 aliphatic heterocycles. The molecule has 2 atom stereocenters. The molecule has 2 aliphatic carbocycles. The van der Waals surface area contributed by atoms with E-state index < -0.39 is 10.8 Å². The molecule has 0 amide bonds. The Bertz CT molecular complexity index is 7730. The molecule has 0 saturated carbocycles. The zero-order valence-electron chi connectivity index (χ0n) is 74.7. The largest absolute Gasteiger partial charge is 0.457 e. The van der Waals surface area contributed by atoms with Gasteiger partial charge in [-0.2, -0.15) is 0 Å². The Kier molecular flexibility index (Phi) is 21.8. The standard InChI is InChI=1S/C126H82F6N4O3/c1-3-81-13-65-109(66-14-81)137-111-69-29-89(30-70-111)125(87-25-33-91(127)34-26-87)119-11-7-5-9-113(119)115-73-61-105(77-121(115)125)133(101-53-37-93(129)38-54-101)97-45-17-83(18-46-97)85-21-49-99(50-22-85)135(103-57-41-95(131)42-58-103)107-63-75-117-118-76-64-108(80-124(118)139-123(117)79-107)136(104-59-43-96(132)44-60-104)100-51-23-86(24-52-100)84-19-47-98(48-20-84)134(102-55-39-94(130)40-56-102)106-62-74-116-114-10-6-8-12-120(114)126(122(116)78-106,88-27-35-92(128)36-28-88)90-31-71-112(72-32-90)138-110-67-15-82(4-2)16-68-110/h3-80H,1-2H2. The summed E-state index contributed by atoms with van der Waals surface area (Å²) in [4.78, 5) is 8.38. The maximum atomic E-state index is 15.2. The van der Waals surface area contributed by atoms with Crippen LogP contribution >= 0.6 is 0 Å². The maximum absolute atomic E-state index is 15.2. The summed E-state index contributed by atoms with van der Waals surface area (Å²) in [6, 6.07) is 146. The summed E-state index contributed by atoms with van der Waals surface area (Å²) in [5, 5.41) is 1.76. The Hall–Kier alpha value is -17.9. The SMILES string of the molecule is C=Cc1ccc(Oc2ccc(C3(c4ccc(F)cc4)c4ccccc4-c4ccc(N(c5ccc(F)cc5)c5ccc(-c6ccc(N(c7ccc(F)cc7)c7ccc8c(c7)oc7cc(N(c9ccc(F)cc9)c9ccc(-c%10ccc(N(c%11ccc(F)cc%11)c%11ccc%12c(c%11)C(c%11ccc(F)cc%11)(c%11ccc(Oc%13ccc(C=C)cc%13)cc%11)c%11ccccc%11-%12)cc%10)cc9)ccc78)cc6)cc5)cc43)cc2)cc1. The third-order valence-electron chi connectivity index (χ3n) is 26.9. The Balaban J connectivity index is 0.535. The van der Waals surface area contributed by atoms with Crippen LogP contribution in [0.3, 0.4) is 0 Å². The Morgan fingerprint density at radius 2 is 0.424 bits per heavy atom. The van der Waals surface area contributed by atoms with Crippen molar-refractivity contribution in [2.75, 3.05) is 19.6 Å². The summed E-state index contributed by atoms with van der Waals surface area (Å²) in [6.45, 7) is 7.79. The number of benzene rings is 20. The lowest BCUT2D eigenvalue weighted by atomic mass is 9.67. The third kappa shape index (κ3) is 15.5. The van der Waals surface area contributed by atoms with Crippen LogP contribution in [0.1, 0.15) is 55.6 Å². The van der Waals surface area contributed by atoms with E-state index in [1.807, 2.05) is 182 Å². The number of halogens is 6. The first-order chi connectivity index (χ1) is 68.1. The molecular weight excluding hydrogens is 1730 g/mol. The Morgan fingerprint density at radius 3 is 0.698 bits per heavy atom. The minimum atomic E-state index is -0.922. The maximum Gasteiger partial charge on any atom is 0.137 e. The molecule has 13 heteroatoms. The first-order valence-corrected chi connectivity index (χ1v) is 45.8. The molecule has 0 fully saturated rings. The average Bonchev–Trinajstić information content (AvgIpc) is 1.54. The van der Waals surface area contributed by atoms with Gasteiger partial charge in [-0.1, -0.05) is 207 Å². The van der Waals surface area contributed by atoms with E-state index >= 15 is 17.6 Å². The van der Waals surface area contributed by atoms with Gasteiger partial charge in [0.1, 0.15) is 69.1 Å². The van der Waals surface area contributed by atoms with Gasteiger partial charge in [-0.25, -0.2) is 26.3 Å². The predicted molar refractivity (Wildman–Crippen MR) is 551 cm³/mol. The molecule has 23 rings (SSSR count). The van der Waals surface area contributed by atoms with Gasteiger partial charge in [0.2, 0.25) is 0 Å². The summed E-state index contributed by atoms with van der Waals surface area (Å²) < 4.78 is 110. The molecule has 0 saturated heterocycles. The highest BCUT2D eigenvalue weighted by Crippen LogP contribution is 2.61. The summed E-state index contributed by atoms with van der Waals surface area (Å²) >= 11 is 0. The number of anilines is 12. The molecule has 0 spiro atoms. The molecule has 0 bridgehead atoms. The number of furan rings is 1. The van der Waals surface area contributed by atoms with E-state index in [9.17, 15) is 8.78 Å². The number of rotatable bonds is 24. The van der Waals surface area contributed by atoms with Crippen LogP contribution in [0.15, 0.2) is 479 Å². The van der Waals surface area contributed by atoms with Crippen LogP contribution in [-0.4, -0.2) is 0 Å². The van der Waals surface area contributed by atoms with Crippen LogP contribution in [-0.2, 0) is 10.8 Å². The van der Waals surface area contributed by atoms with Gasteiger partial charge in [0, 0.05) is 91.2 Å². The summed E-state index contributed by atoms with van der Waals surface area (Å²) in [6.07, 6.45) is 3.58. The molecule has 1 heterocycles. The summed E-state index contributed by atoms with van der Waals surface area (Å²) in [5.41, 5.74) is 26.2. The molecule has 2 unspecified atom stereocenters. The monoisotopic (exact) mass is 1810 g/mol. The van der Waals surface area contributed by atoms with Crippen molar-refractivity contribution in [3.05, 3.63) is 565 Å². The Labute approximate surface area is 800 Å². The van der Waals surface area contributed by atoms with Gasteiger partial charge < -0.3 is 33.5 Å². The second-order valence-electron chi connectivity index (χ2n) is 34.8. The van der Waals surface area contributed by atoms with Crippen molar-refractivity contribution >= 4 is 102 Å². The van der Waals surface area contributed by atoms with Crippen LogP contribution in [0.4, 0.5) is 94.6 Å². The number of ether oxygens (including phenoxy) is 2. The molecule has 0 radical (unpaired) electrons. The fourth-order valence-corrected chi connectivity index (χ4v) is 20.3. The number of nitrogens with zero attached hydrogens (tertiary/aromatic N) is 4. The molecule has 20 aromatic carbocycles. The van der Waals surface area contributed by atoms with E-state index in [4.69, 9.17) is 13.9 Å². The fourth-order valence-electron chi connectivity index (χ4n) is 20.3. The van der Waals surface area contributed by atoms with Crippen molar-refractivity contribution < 1.29 is 40.2 Å². The lowest BCUT2D eigenvalue weighted by Gasteiger charge is -2.35. The number of fused-ring (bicyclic) bond motifs is 9. The molecule has 666 valence electrons. The molecule has 1 aromatic heterocycles. The second kappa shape index (κ2) is 35.5. The van der Waals surface area contributed by atoms with Gasteiger partial charge in [-0.3, -0.25) is 0 Å². The van der Waals surface area contributed by atoms with E-state index in [1.54, 1.807) is 60.7 Å². The van der Waals surface area contributed by atoms with Gasteiger partial charge in [0.25, 0.3) is 0 Å².